The molecule has 0 heterocycles. The third-order valence-electron chi connectivity index (χ3n) is 3.69. The van der Waals surface area contributed by atoms with Gasteiger partial charge in [0.15, 0.2) is 5.75 Å². The first-order chi connectivity index (χ1) is 14.7. The predicted molar refractivity (Wildman–Crippen MR) is 101 cm³/mol. The Kier molecular flexibility index (Phi) is 7.45. The number of ether oxygens (including phenoxy) is 1. The van der Waals surface area contributed by atoms with E-state index in [2.05, 4.69) is 5.10 Å². The summed E-state index contributed by atoms with van der Waals surface area (Å²) < 4.78 is 93.6. The molecule has 1 N–H and O–H groups in total. The van der Waals surface area contributed by atoms with Gasteiger partial charge >= 0.3 is 18.1 Å². The molecule has 2 aromatic carbocycles. The lowest BCUT2D eigenvalue weighted by Gasteiger charge is -2.27. The number of alkyl halides is 7. The Morgan fingerprint density at radius 2 is 1.66 bits per heavy atom. The van der Waals surface area contributed by atoms with Gasteiger partial charge in [-0.15, -0.1) is 0 Å². The number of nitrogens with one attached hydrogen (secondary N) is 1. The highest BCUT2D eigenvalue weighted by atomic mass is 35.5. The van der Waals surface area contributed by atoms with Gasteiger partial charge < -0.3 is 4.74 Å². The summed E-state index contributed by atoms with van der Waals surface area (Å²) in [6.45, 7) is -0.186. The Morgan fingerprint density at radius 3 is 2.19 bits per heavy atom. The highest BCUT2D eigenvalue weighted by Crippen LogP contribution is 2.45. The molecule has 0 aliphatic heterocycles. The van der Waals surface area contributed by atoms with Crippen molar-refractivity contribution in [3.63, 3.8) is 0 Å². The minimum atomic E-state index is -6.51. The van der Waals surface area contributed by atoms with Gasteiger partial charge in [-0.2, -0.15) is 35.8 Å². The molecule has 0 aromatic heterocycles. The van der Waals surface area contributed by atoms with Gasteiger partial charge in [-0.05, 0) is 23.3 Å². The van der Waals surface area contributed by atoms with E-state index in [1.165, 1.54) is 24.3 Å². The van der Waals surface area contributed by atoms with Crippen molar-refractivity contribution in [1.82, 2.24) is 5.43 Å². The van der Waals surface area contributed by atoms with E-state index < -0.39 is 23.1 Å². The van der Waals surface area contributed by atoms with Crippen molar-refractivity contribution in [3.8, 4) is 5.75 Å². The molecule has 0 spiro atoms. The van der Waals surface area contributed by atoms with Crippen LogP contribution < -0.4 is 10.2 Å². The van der Waals surface area contributed by atoms with Crippen molar-refractivity contribution in [2.24, 2.45) is 5.10 Å². The molecule has 2 aromatic rings. The molecule has 0 atom stereocenters. The first kappa shape index (κ1) is 25.5. The Balaban J connectivity index is 2.12. The van der Waals surface area contributed by atoms with Crippen molar-refractivity contribution in [2.75, 3.05) is 0 Å². The van der Waals surface area contributed by atoms with Crippen LogP contribution in [-0.2, 0) is 6.61 Å². The SMILES string of the molecule is O=[N+]([O-])c1cccc(COc2c(Cl)cc(/C=N/NC(F)(F)C(F)(F)C(F)(F)F)cc2Cl)c1. The zero-order chi connectivity index (χ0) is 24.3. The second-order valence-corrected chi connectivity index (χ2v) is 6.86. The summed E-state index contributed by atoms with van der Waals surface area (Å²) in [5.74, 6) is -6.48. The molecule has 0 bridgehead atoms. The maximum Gasteiger partial charge on any atom is 0.462 e. The minimum Gasteiger partial charge on any atom is -0.486 e. The van der Waals surface area contributed by atoms with Gasteiger partial charge in [0, 0.05) is 12.1 Å². The fraction of sp³-hybridized carbons (Fsp3) is 0.235. The quantitative estimate of drug-likeness (QED) is 0.152. The molecule has 0 saturated carbocycles. The lowest BCUT2D eigenvalue weighted by Crippen LogP contribution is -2.58. The summed E-state index contributed by atoms with van der Waals surface area (Å²) in [6.07, 6.45) is -6.02. The maximum atomic E-state index is 13.2. The van der Waals surface area contributed by atoms with E-state index in [0.29, 0.717) is 17.2 Å². The van der Waals surface area contributed by atoms with Crippen LogP contribution in [0.25, 0.3) is 0 Å². The summed E-state index contributed by atoms with van der Waals surface area (Å²) >= 11 is 11.9. The van der Waals surface area contributed by atoms with Crippen LogP contribution in [0.15, 0.2) is 41.5 Å². The van der Waals surface area contributed by atoms with Crippen LogP contribution in [0.5, 0.6) is 5.75 Å². The molecule has 0 aliphatic carbocycles. The minimum absolute atomic E-state index is 0.0983. The van der Waals surface area contributed by atoms with E-state index in [0.717, 1.165) is 12.1 Å². The number of benzene rings is 2. The average Bonchev–Trinajstić information content (AvgIpc) is 2.66. The van der Waals surface area contributed by atoms with Gasteiger partial charge in [-0.1, -0.05) is 35.3 Å². The van der Waals surface area contributed by atoms with Crippen LogP contribution in [0.4, 0.5) is 36.4 Å². The van der Waals surface area contributed by atoms with Crippen molar-refractivity contribution in [3.05, 3.63) is 67.7 Å². The van der Waals surface area contributed by atoms with Crippen molar-refractivity contribution in [2.45, 2.75) is 24.8 Å². The Morgan fingerprint density at radius 1 is 1.06 bits per heavy atom. The van der Waals surface area contributed by atoms with Crippen LogP contribution in [0.1, 0.15) is 11.1 Å². The molecule has 32 heavy (non-hydrogen) atoms. The lowest BCUT2D eigenvalue weighted by atomic mass is 10.2. The number of non-ortho nitro benzene ring substituents is 1. The summed E-state index contributed by atoms with van der Waals surface area (Å²) in [4.78, 5) is 10.2. The van der Waals surface area contributed by atoms with Gasteiger partial charge in [0.05, 0.1) is 21.2 Å². The number of nitro benzene ring substituents is 1. The standard InChI is InChI=1S/C17H10Cl2F7N3O3/c18-12-5-10(7-27-28-17(25,26)15(20,21)16(22,23)24)6-13(19)14(12)32-8-9-2-1-3-11(4-9)29(30)31/h1-7,28H,8H2/b27-7+. The fourth-order valence-corrected chi connectivity index (χ4v) is 2.76. The summed E-state index contributed by atoms with van der Waals surface area (Å²) in [5, 5.41) is 13.1. The fourth-order valence-electron chi connectivity index (χ4n) is 2.14. The number of nitrogens with zero attached hydrogens (tertiary/aromatic N) is 2. The summed E-state index contributed by atoms with van der Waals surface area (Å²) in [6, 6.07) is 1.84. The Labute approximate surface area is 184 Å². The number of hydrazone groups is 1. The molecule has 0 fully saturated rings. The number of hydrogen-bond acceptors (Lipinski definition) is 5. The largest absolute Gasteiger partial charge is 0.486 e. The van der Waals surface area contributed by atoms with Crippen LogP contribution in [-0.4, -0.2) is 29.3 Å². The molecular formula is C17H10Cl2F7N3O3. The molecule has 0 saturated heterocycles. The smallest absolute Gasteiger partial charge is 0.462 e. The predicted octanol–water partition coefficient (Wildman–Crippen LogP) is 6.19. The van der Waals surface area contributed by atoms with Gasteiger partial charge in [-0.25, -0.2) is 5.43 Å². The summed E-state index contributed by atoms with van der Waals surface area (Å²) in [5.41, 5.74) is 0.537. The molecule has 174 valence electrons. The second kappa shape index (κ2) is 9.36. The monoisotopic (exact) mass is 507 g/mol. The van der Waals surface area contributed by atoms with E-state index in [1.54, 1.807) is 0 Å². The van der Waals surface area contributed by atoms with Gasteiger partial charge in [-0.3, -0.25) is 10.1 Å². The third-order valence-corrected chi connectivity index (χ3v) is 4.26. The van der Waals surface area contributed by atoms with Gasteiger partial charge in [0.1, 0.15) is 6.61 Å². The Hall–Kier alpha value is -2.80. The number of halogens is 9. The zero-order valence-corrected chi connectivity index (χ0v) is 16.8. The average molecular weight is 508 g/mol. The van der Waals surface area contributed by atoms with E-state index in [1.807, 2.05) is 0 Å². The van der Waals surface area contributed by atoms with E-state index >= 15 is 0 Å². The Bertz CT molecular complexity index is 1010. The highest BCUT2D eigenvalue weighted by molar-refractivity contribution is 6.37. The van der Waals surface area contributed by atoms with Crippen molar-refractivity contribution >= 4 is 35.1 Å². The topological polar surface area (TPSA) is 76.8 Å². The first-order valence-electron chi connectivity index (χ1n) is 8.13. The van der Waals surface area contributed by atoms with Crippen molar-refractivity contribution in [1.29, 1.82) is 0 Å². The third kappa shape index (κ3) is 5.71. The highest BCUT2D eigenvalue weighted by Gasteiger charge is 2.73. The van der Waals surface area contributed by atoms with Gasteiger partial charge in [0.2, 0.25) is 0 Å². The molecule has 6 nitrogen and oxygen atoms in total. The number of rotatable bonds is 8. The van der Waals surface area contributed by atoms with E-state index in [9.17, 15) is 40.8 Å². The van der Waals surface area contributed by atoms with Crippen LogP contribution in [0.2, 0.25) is 10.0 Å². The van der Waals surface area contributed by atoms with E-state index in [-0.39, 0.29) is 33.7 Å². The maximum absolute atomic E-state index is 13.2. The van der Waals surface area contributed by atoms with Crippen molar-refractivity contribution < 1.29 is 40.4 Å². The molecule has 15 heteroatoms. The van der Waals surface area contributed by atoms with Crippen LogP contribution >= 0.6 is 23.2 Å². The zero-order valence-electron chi connectivity index (χ0n) is 15.3. The second-order valence-electron chi connectivity index (χ2n) is 6.05. The summed E-state index contributed by atoms with van der Waals surface area (Å²) in [7, 11) is 0. The first-order valence-corrected chi connectivity index (χ1v) is 8.89. The van der Waals surface area contributed by atoms with Crippen LogP contribution in [0, 0.1) is 10.1 Å². The lowest BCUT2D eigenvalue weighted by molar-refractivity contribution is -0.384. The molecule has 0 unspecified atom stereocenters. The van der Waals surface area contributed by atoms with Crippen LogP contribution in [0.3, 0.4) is 0 Å². The van der Waals surface area contributed by atoms with E-state index in [4.69, 9.17) is 27.9 Å². The number of hydrogen-bond donors (Lipinski definition) is 1. The molecule has 2 rings (SSSR count). The molecule has 0 radical (unpaired) electrons. The molecule has 0 aliphatic rings. The molecular weight excluding hydrogens is 498 g/mol. The number of nitro groups is 1. The van der Waals surface area contributed by atoms with Gasteiger partial charge in [0.25, 0.3) is 5.69 Å². The normalized spacial score (nSPS) is 12.8. The molecule has 0 amide bonds.